The van der Waals surface area contributed by atoms with Crippen LogP contribution >= 0.6 is 0 Å². The van der Waals surface area contributed by atoms with Crippen LogP contribution in [0.25, 0.3) is 33.4 Å². The third kappa shape index (κ3) is 3.91. The van der Waals surface area contributed by atoms with Gasteiger partial charge >= 0.3 is 6.18 Å². The summed E-state index contributed by atoms with van der Waals surface area (Å²) in [7, 11) is 1.75. The van der Waals surface area contributed by atoms with Crippen LogP contribution in [0.3, 0.4) is 0 Å². The van der Waals surface area contributed by atoms with Crippen molar-refractivity contribution in [2.24, 2.45) is 7.05 Å². The first-order valence-electron chi connectivity index (χ1n) is 10.5. The van der Waals surface area contributed by atoms with E-state index in [0.29, 0.717) is 52.7 Å². The Balaban J connectivity index is 1.71. The zero-order valence-corrected chi connectivity index (χ0v) is 17.6. The van der Waals surface area contributed by atoms with Crippen LogP contribution in [-0.4, -0.2) is 35.5 Å². The molecular formula is C23H20F3N5O2. The highest BCUT2D eigenvalue weighted by Crippen LogP contribution is 2.33. The maximum atomic E-state index is 13.4. The standard InChI is InChI=1S/C23H20F3N5O2/c1-30-11-14(10-28-30)20-21-18(22(33)31(12-27-21)16-6-7-17(32)8-16)9-19(29-20)13-2-4-15(5-3-13)23(24,25)26/h2-5,9-12,16-17,32H,6-8H2,1H3/t16-,17+/m1/s1. The fourth-order valence-electron chi connectivity index (χ4n) is 4.31. The van der Waals surface area contributed by atoms with E-state index in [-0.39, 0.29) is 11.6 Å². The van der Waals surface area contributed by atoms with E-state index in [1.165, 1.54) is 23.0 Å². The number of fused-ring (bicyclic) bond motifs is 1. The van der Waals surface area contributed by atoms with Crippen molar-refractivity contribution in [2.75, 3.05) is 0 Å². The molecule has 1 saturated carbocycles. The van der Waals surface area contributed by atoms with Crippen molar-refractivity contribution in [3.8, 4) is 22.5 Å². The second kappa shape index (κ2) is 7.80. The molecule has 0 aliphatic heterocycles. The summed E-state index contributed by atoms with van der Waals surface area (Å²) in [6, 6.07) is 6.07. The number of halogens is 3. The van der Waals surface area contributed by atoms with Crippen molar-refractivity contribution in [2.45, 2.75) is 37.6 Å². The van der Waals surface area contributed by atoms with Gasteiger partial charge in [0, 0.05) is 30.4 Å². The number of aryl methyl sites for hydroxylation is 1. The van der Waals surface area contributed by atoms with E-state index in [4.69, 9.17) is 0 Å². The molecule has 0 unspecified atom stereocenters. The van der Waals surface area contributed by atoms with E-state index >= 15 is 0 Å². The molecule has 4 aromatic rings. The molecular weight excluding hydrogens is 435 g/mol. The molecule has 5 rings (SSSR count). The van der Waals surface area contributed by atoms with Crippen LogP contribution in [-0.2, 0) is 13.2 Å². The van der Waals surface area contributed by atoms with Gasteiger partial charge in [-0.25, -0.2) is 9.97 Å². The van der Waals surface area contributed by atoms with Crippen molar-refractivity contribution in [1.29, 1.82) is 0 Å². The predicted molar refractivity (Wildman–Crippen MR) is 115 cm³/mol. The van der Waals surface area contributed by atoms with Gasteiger partial charge in [0.25, 0.3) is 5.56 Å². The van der Waals surface area contributed by atoms with Crippen molar-refractivity contribution in [3.05, 3.63) is 65.0 Å². The molecule has 0 saturated heterocycles. The molecule has 1 aliphatic rings. The lowest BCUT2D eigenvalue weighted by molar-refractivity contribution is -0.137. The lowest BCUT2D eigenvalue weighted by Crippen LogP contribution is -2.24. The van der Waals surface area contributed by atoms with Crippen molar-refractivity contribution in [1.82, 2.24) is 24.3 Å². The van der Waals surface area contributed by atoms with Crippen LogP contribution in [0.2, 0.25) is 0 Å². The highest BCUT2D eigenvalue weighted by atomic mass is 19.4. The van der Waals surface area contributed by atoms with Gasteiger partial charge in [0.05, 0.1) is 35.3 Å². The van der Waals surface area contributed by atoms with Crippen LogP contribution in [0.15, 0.2) is 53.8 Å². The Morgan fingerprint density at radius 3 is 2.48 bits per heavy atom. The fraction of sp³-hybridized carbons (Fsp3) is 0.304. The number of rotatable bonds is 3. The molecule has 1 N–H and O–H groups in total. The maximum absolute atomic E-state index is 13.4. The summed E-state index contributed by atoms with van der Waals surface area (Å²) < 4.78 is 42.1. The summed E-state index contributed by atoms with van der Waals surface area (Å²) in [6.07, 6.45) is 1.66. The largest absolute Gasteiger partial charge is 0.416 e. The topological polar surface area (TPSA) is 85.8 Å². The monoisotopic (exact) mass is 455 g/mol. The van der Waals surface area contributed by atoms with Crippen LogP contribution < -0.4 is 5.56 Å². The number of nitrogens with zero attached hydrogens (tertiary/aromatic N) is 5. The number of hydrogen-bond donors (Lipinski definition) is 1. The molecule has 1 aliphatic carbocycles. The Hall–Kier alpha value is -3.53. The average Bonchev–Trinajstić information content (AvgIpc) is 3.41. The first kappa shape index (κ1) is 21.3. The molecule has 0 spiro atoms. The third-order valence-corrected chi connectivity index (χ3v) is 6.03. The summed E-state index contributed by atoms with van der Waals surface area (Å²) in [5.41, 5.74) is 1.21. The van der Waals surface area contributed by atoms with E-state index in [1.54, 1.807) is 30.2 Å². The highest BCUT2D eigenvalue weighted by molar-refractivity contribution is 5.93. The minimum Gasteiger partial charge on any atom is -0.393 e. The minimum atomic E-state index is -4.44. The number of aromatic nitrogens is 5. The van der Waals surface area contributed by atoms with E-state index in [9.17, 15) is 23.1 Å². The van der Waals surface area contributed by atoms with Crippen LogP contribution in [0.1, 0.15) is 30.9 Å². The molecule has 3 heterocycles. The smallest absolute Gasteiger partial charge is 0.393 e. The van der Waals surface area contributed by atoms with Gasteiger partial charge in [-0.15, -0.1) is 0 Å². The number of benzene rings is 1. The lowest BCUT2D eigenvalue weighted by Gasteiger charge is -2.15. The van der Waals surface area contributed by atoms with Gasteiger partial charge in [0.15, 0.2) is 0 Å². The summed E-state index contributed by atoms with van der Waals surface area (Å²) in [4.78, 5) is 22.6. The van der Waals surface area contributed by atoms with Crippen LogP contribution in [0.5, 0.6) is 0 Å². The van der Waals surface area contributed by atoms with E-state index < -0.39 is 17.8 Å². The second-order valence-corrected chi connectivity index (χ2v) is 8.31. The highest BCUT2D eigenvalue weighted by Gasteiger charge is 2.30. The van der Waals surface area contributed by atoms with Crippen molar-refractivity contribution in [3.63, 3.8) is 0 Å². The molecule has 10 heteroatoms. The number of alkyl halides is 3. The van der Waals surface area contributed by atoms with E-state index in [2.05, 4.69) is 15.1 Å². The predicted octanol–water partition coefficient (Wildman–Crippen LogP) is 3.96. The molecule has 33 heavy (non-hydrogen) atoms. The second-order valence-electron chi connectivity index (χ2n) is 8.31. The Bertz CT molecular complexity index is 1390. The van der Waals surface area contributed by atoms with Gasteiger partial charge in [-0.3, -0.25) is 14.0 Å². The quantitative estimate of drug-likeness (QED) is 0.505. The average molecular weight is 455 g/mol. The first-order valence-corrected chi connectivity index (χ1v) is 10.5. The normalized spacial score (nSPS) is 18.8. The SMILES string of the molecule is Cn1cc(-c2nc(-c3ccc(C(F)(F)F)cc3)cc3c(=O)n([C@@H]4CC[C@H](O)C4)cnc23)cn1. The molecule has 1 aromatic carbocycles. The zero-order valence-electron chi connectivity index (χ0n) is 17.6. The molecule has 0 bridgehead atoms. The van der Waals surface area contributed by atoms with Gasteiger partial charge in [-0.1, -0.05) is 12.1 Å². The maximum Gasteiger partial charge on any atom is 0.416 e. The van der Waals surface area contributed by atoms with Gasteiger partial charge in [0.2, 0.25) is 0 Å². The summed E-state index contributed by atoms with van der Waals surface area (Å²) in [6.45, 7) is 0. The number of hydrogen-bond acceptors (Lipinski definition) is 5. The Morgan fingerprint density at radius 2 is 1.88 bits per heavy atom. The lowest BCUT2D eigenvalue weighted by atomic mass is 10.0. The molecule has 2 atom stereocenters. The molecule has 170 valence electrons. The first-order chi connectivity index (χ1) is 15.7. The van der Waals surface area contributed by atoms with E-state index in [0.717, 1.165) is 12.1 Å². The van der Waals surface area contributed by atoms with Gasteiger partial charge in [-0.2, -0.15) is 18.3 Å². The molecule has 7 nitrogen and oxygen atoms in total. The third-order valence-electron chi connectivity index (χ3n) is 6.03. The van der Waals surface area contributed by atoms with Crippen LogP contribution in [0, 0.1) is 0 Å². The Morgan fingerprint density at radius 1 is 1.12 bits per heavy atom. The Labute approximate surface area is 186 Å². The zero-order chi connectivity index (χ0) is 23.3. The fourth-order valence-corrected chi connectivity index (χ4v) is 4.31. The summed E-state index contributed by atoms with van der Waals surface area (Å²) in [5.74, 6) is 0. The minimum absolute atomic E-state index is 0.158. The van der Waals surface area contributed by atoms with Gasteiger partial charge < -0.3 is 5.11 Å². The van der Waals surface area contributed by atoms with Crippen molar-refractivity contribution < 1.29 is 18.3 Å². The van der Waals surface area contributed by atoms with Gasteiger partial charge in [0.1, 0.15) is 11.2 Å². The molecule has 0 amide bonds. The van der Waals surface area contributed by atoms with Crippen molar-refractivity contribution >= 4 is 10.9 Å². The van der Waals surface area contributed by atoms with Crippen LogP contribution in [0.4, 0.5) is 13.2 Å². The van der Waals surface area contributed by atoms with Gasteiger partial charge in [-0.05, 0) is 37.5 Å². The van der Waals surface area contributed by atoms with E-state index in [1.807, 2.05) is 0 Å². The summed E-state index contributed by atoms with van der Waals surface area (Å²) >= 11 is 0. The molecule has 1 fully saturated rings. The number of aliphatic hydroxyl groups is 1. The molecule has 0 radical (unpaired) electrons. The number of aliphatic hydroxyl groups excluding tert-OH is 1. The molecule has 3 aromatic heterocycles. The summed E-state index contributed by atoms with van der Waals surface area (Å²) in [5, 5.41) is 14.4. The number of pyridine rings is 1. The Kier molecular flexibility index (Phi) is 5.04.